The summed E-state index contributed by atoms with van der Waals surface area (Å²) in [6, 6.07) is 0. The zero-order valence-corrected chi connectivity index (χ0v) is 15.1. The minimum atomic E-state index is 0.443. The molecule has 0 bridgehead atoms. The number of allylic oxidation sites excluding steroid dienone is 4. The van der Waals surface area contributed by atoms with Crippen molar-refractivity contribution in [3.8, 4) is 0 Å². The monoisotopic (exact) mass is 306 g/mol. The number of Topliss-reactive ketones (excluding diaryl/α,β-unsaturated/α-hetero) is 1. The fraction of sp³-hybridized carbons (Fsp3) is 0.762. The van der Waals surface area contributed by atoms with Gasteiger partial charge < -0.3 is 0 Å². The molecule has 0 aromatic rings. The third kappa shape index (κ3) is 17.2. The third-order valence-electron chi connectivity index (χ3n) is 3.93. The van der Waals surface area contributed by atoms with E-state index in [9.17, 15) is 4.79 Å². The van der Waals surface area contributed by atoms with Crippen LogP contribution < -0.4 is 0 Å². The van der Waals surface area contributed by atoms with Crippen molar-refractivity contribution in [3.05, 3.63) is 24.3 Å². The highest BCUT2D eigenvalue weighted by atomic mass is 16.1. The summed E-state index contributed by atoms with van der Waals surface area (Å²) >= 11 is 0. The molecule has 1 nitrogen and oxygen atoms in total. The summed E-state index contributed by atoms with van der Waals surface area (Å²) in [6.07, 6.45) is 25.0. The second-order valence-electron chi connectivity index (χ2n) is 6.26. The van der Waals surface area contributed by atoms with Gasteiger partial charge in [-0.05, 0) is 51.4 Å². The van der Waals surface area contributed by atoms with Gasteiger partial charge in [-0.1, -0.05) is 63.8 Å². The third-order valence-corrected chi connectivity index (χ3v) is 3.93. The summed E-state index contributed by atoms with van der Waals surface area (Å²) in [5.41, 5.74) is 0. The Morgan fingerprint density at radius 1 is 0.591 bits per heavy atom. The molecule has 0 spiro atoms. The Bertz CT molecular complexity index is 260. The van der Waals surface area contributed by atoms with Crippen molar-refractivity contribution < 1.29 is 4.79 Å². The Hall–Kier alpha value is -0.850. The van der Waals surface area contributed by atoms with Crippen molar-refractivity contribution in [2.24, 2.45) is 0 Å². The maximum Gasteiger partial charge on any atom is 0.132 e. The van der Waals surface area contributed by atoms with E-state index in [0.717, 1.165) is 38.5 Å². The van der Waals surface area contributed by atoms with E-state index in [1.807, 2.05) is 0 Å². The molecular weight excluding hydrogens is 268 g/mol. The molecule has 0 heterocycles. The Morgan fingerprint density at radius 2 is 0.955 bits per heavy atom. The highest BCUT2D eigenvalue weighted by molar-refractivity contribution is 5.78. The van der Waals surface area contributed by atoms with E-state index in [0.29, 0.717) is 5.78 Å². The normalized spacial score (nSPS) is 11.7. The highest BCUT2D eigenvalue weighted by Crippen LogP contribution is 2.07. The van der Waals surface area contributed by atoms with Crippen LogP contribution in [0.4, 0.5) is 0 Å². The van der Waals surface area contributed by atoms with Crippen LogP contribution in [0.2, 0.25) is 0 Å². The number of ketones is 1. The molecular formula is C21H38O. The molecule has 0 unspecified atom stereocenters. The lowest BCUT2D eigenvalue weighted by molar-refractivity contribution is -0.119. The molecule has 0 aliphatic heterocycles. The molecule has 128 valence electrons. The van der Waals surface area contributed by atoms with Crippen LogP contribution in [-0.4, -0.2) is 5.78 Å². The van der Waals surface area contributed by atoms with Gasteiger partial charge in [0.05, 0.1) is 0 Å². The Labute approximate surface area is 139 Å². The van der Waals surface area contributed by atoms with Crippen LogP contribution in [0.15, 0.2) is 24.3 Å². The maximum absolute atomic E-state index is 11.7. The van der Waals surface area contributed by atoms with Crippen LogP contribution in [0.25, 0.3) is 0 Å². The molecule has 22 heavy (non-hydrogen) atoms. The van der Waals surface area contributed by atoms with Gasteiger partial charge in [0.25, 0.3) is 0 Å². The summed E-state index contributed by atoms with van der Waals surface area (Å²) in [6.45, 7) is 4.47. The average Bonchev–Trinajstić information content (AvgIpc) is 2.52. The first-order chi connectivity index (χ1) is 10.8. The van der Waals surface area contributed by atoms with Crippen molar-refractivity contribution >= 4 is 5.78 Å². The van der Waals surface area contributed by atoms with Gasteiger partial charge in [0.1, 0.15) is 5.78 Å². The van der Waals surface area contributed by atoms with Crippen molar-refractivity contribution in [1.29, 1.82) is 0 Å². The predicted octanol–water partition coefficient (Wildman–Crippen LogP) is 7.17. The van der Waals surface area contributed by atoms with Crippen molar-refractivity contribution in [1.82, 2.24) is 0 Å². The smallest absolute Gasteiger partial charge is 0.132 e. The van der Waals surface area contributed by atoms with Gasteiger partial charge >= 0.3 is 0 Å². The lowest BCUT2D eigenvalue weighted by Crippen LogP contribution is -1.96. The van der Waals surface area contributed by atoms with Crippen LogP contribution in [0.5, 0.6) is 0 Å². The molecule has 0 aliphatic carbocycles. The van der Waals surface area contributed by atoms with Crippen LogP contribution in [0.3, 0.4) is 0 Å². The summed E-state index contributed by atoms with van der Waals surface area (Å²) < 4.78 is 0. The Morgan fingerprint density at radius 3 is 1.32 bits per heavy atom. The molecule has 0 N–H and O–H groups in total. The van der Waals surface area contributed by atoms with E-state index < -0.39 is 0 Å². The Balaban J connectivity index is 3.32. The molecule has 0 aliphatic rings. The summed E-state index contributed by atoms with van der Waals surface area (Å²) in [7, 11) is 0. The molecule has 0 saturated heterocycles. The SMILES string of the molecule is CCCCC/C=C\CCCC(=O)CCC/C=C\CCCCC. The fourth-order valence-electron chi connectivity index (χ4n) is 2.45. The number of hydrogen-bond donors (Lipinski definition) is 0. The minimum absolute atomic E-state index is 0.443. The van der Waals surface area contributed by atoms with E-state index in [4.69, 9.17) is 0 Å². The average molecular weight is 307 g/mol. The molecule has 0 rings (SSSR count). The van der Waals surface area contributed by atoms with Crippen molar-refractivity contribution in [2.75, 3.05) is 0 Å². The molecule has 1 heteroatoms. The molecule has 0 aromatic carbocycles. The number of carbonyl (C=O) groups excluding carboxylic acids is 1. The van der Waals surface area contributed by atoms with Gasteiger partial charge in [-0.3, -0.25) is 4.79 Å². The van der Waals surface area contributed by atoms with Gasteiger partial charge in [0.15, 0.2) is 0 Å². The van der Waals surface area contributed by atoms with Crippen LogP contribution in [0.1, 0.15) is 104 Å². The Kier molecular flexibility index (Phi) is 17.5. The molecule has 0 radical (unpaired) electrons. The molecule has 0 fully saturated rings. The standard InChI is InChI=1S/C21H38O/c1-3-5-7-9-11-13-15-17-19-21(22)20-18-16-14-12-10-8-6-4-2/h11-14H,3-10,15-20H2,1-2H3/b13-11-,14-12-. The van der Waals surface area contributed by atoms with Crippen LogP contribution in [0, 0.1) is 0 Å². The second-order valence-corrected chi connectivity index (χ2v) is 6.26. The number of rotatable bonds is 16. The minimum Gasteiger partial charge on any atom is -0.300 e. The summed E-state index contributed by atoms with van der Waals surface area (Å²) in [4.78, 5) is 11.7. The lowest BCUT2D eigenvalue weighted by atomic mass is 10.1. The topological polar surface area (TPSA) is 17.1 Å². The fourth-order valence-corrected chi connectivity index (χ4v) is 2.45. The van der Waals surface area contributed by atoms with E-state index in [1.165, 1.54) is 51.4 Å². The quantitative estimate of drug-likeness (QED) is 0.218. The summed E-state index contributed by atoms with van der Waals surface area (Å²) in [5.74, 6) is 0.443. The van der Waals surface area contributed by atoms with Crippen molar-refractivity contribution in [2.45, 2.75) is 104 Å². The lowest BCUT2D eigenvalue weighted by Gasteiger charge is -1.98. The highest BCUT2D eigenvalue weighted by Gasteiger charge is 1.99. The van der Waals surface area contributed by atoms with Crippen molar-refractivity contribution in [3.63, 3.8) is 0 Å². The van der Waals surface area contributed by atoms with Crippen LogP contribution in [-0.2, 0) is 4.79 Å². The van der Waals surface area contributed by atoms with Gasteiger partial charge in [-0.25, -0.2) is 0 Å². The van der Waals surface area contributed by atoms with E-state index >= 15 is 0 Å². The maximum atomic E-state index is 11.7. The zero-order valence-electron chi connectivity index (χ0n) is 15.1. The largest absolute Gasteiger partial charge is 0.300 e. The number of unbranched alkanes of at least 4 members (excludes halogenated alkanes) is 8. The van der Waals surface area contributed by atoms with Crippen LogP contribution >= 0.6 is 0 Å². The van der Waals surface area contributed by atoms with E-state index in [-0.39, 0.29) is 0 Å². The zero-order chi connectivity index (χ0) is 16.3. The van der Waals surface area contributed by atoms with Gasteiger partial charge in [-0.15, -0.1) is 0 Å². The molecule has 0 atom stereocenters. The van der Waals surface area contributed by atoms with Gasteiger partial charge in [0, 0.05) is 12.8 Å². The molecule has 0 aromatic heterocycles. The number of hydrogen-bond acceptors (Lipinski definition) is 1. The van der Waals surface area contributed by atoms with Gasteiger partial charge in [0.2, 0.25) is 0 Å². The first kappa shape index (κ1) is 21.1. The predicted molar refractivity (Wildman–Crippen MR) is 99.3 cm³/mol. The first-order valence-electron chi connectivity index (χ1n) is 9.63. The summed E-state index contributed by atoms with van der Waals surface area (Å²) in [5, 5.41) is 0. The molecule has 0 amide bonds. The first-order valence-corrected chi connectivity index (χ1v) is 9.63. The molecule has 0 saturated carbocycles. The van der Waals surface area contributed by atoms with E-state index in [2.05, 4.69) is 38.2 Å². The second kappa shape index (κ2) is 18.2. The van der Waals surface area contributed by atoms with E-state index in [1.54, 1.807) is 0 Å². The number of carbonyl (C=O) groups is 1. The van der Waals surface area contributed by atoms with Gasteiger partial charge in [-0.2, -0.15) is 0 Å².